The van der Waals surface area contributed by atoms with Crippen LogP contribution < -0.4 is 10.6 Å². The number of methoxy groups -OCH3 is 1. The van der Waals surface area contributed by atoms with Crippen molar-refractivity contribution in [3.63, 3.8) is 0 Å². The second kappa shape index (κ2) is 8.61. The van der Waals surface area contributed by atoms with E-state index in [0.717, 1.165) is 0 Å². The van der Waals surface area contributed by atoms with E-state index < -0.39 is 11.6 Å². The predicted molar refractivity (Wildman–Crippen MR) is 114 cm³/mol. The van der Waals surface area contributed by atoms with Crippen LogP contribution >= 0.6 is 0 Å². The van der Waals surface area contributed by atoms with E-state index in [1.165, 1.54) is 7.11 Å². The van der Waals surface area contributed by atoms with Crippen molar-refractivity contribution in [1.82, 2.24) is 9.55 Å². The van der Waals surface area contributed by atoms with Gasteiger partial charge in [0.15, 0.2) is 5.69 Å². The van der Waals surface area contributed by atoms with Gasteiger partial charge >= 0.3 is 5.97 Å². The first-order valence-electron chi connectivity index (χ1n) is 10.1. The second-order valence-electron chi connectivity index (χ2n) is 8.12. The van der Waals surface area contributed by atoms with Crippen molar-refractivity contribution in [2.45, 2.75) is 52.3 Å². The number of amides is 1. The molecule has 0 unspecified atom stereocenters. The van der Waals surface area contributed by atoms with Crippen molar-refractivity contribution in [2.24, 2.45) is 5.92 Å². The van der Waals surface area contributed by atoms with Crippen LogP contribution in [0, 0.1) is 5.92 Å². The molecule has 0 bridgehead atoms. The summed E-state index contributed by atoms with van der Waals surface area (Å²) in [6, 6.07) is 1.57. The number of ether oxygens (including phenoxy) is 2. The van der Waals surface area contributed by atoms with Crippen LogP contribution in [-0.2, 0) is 20.8 Å². The van der Waals surface area contributed by atoms with Gasteiger partial charge < -0.3 is 29.8 Å². The molecule has 9 heteroatoms. The number of carbonyl (C=O) groups excluding carboxylic acids is 2. The monoisotopic (exact) mass is 418 g/mol. The van der Waals surface area contributed by atoms with Crippen LogP contribution in [0.4, 0.5) is 11.4 Å². The minimum absolute atomic E-state index is 0.198. The van der Waals surface area contributed by atoms with Crippen LogP contribution in [-0.4, -0.2) is 58.5 Å². The maximum atomic E-state index is 12.8. The van der Waals surface area contributed by atoms with Gasteiger partial charge in [0.05, 0.1) is 48.8 Å². The van der Waals surface area contributed by atoms with Gasteiger partial charge in [0.25, 0.3) is 0 Å². The molecule has 3 N–H and O–H groups in total. The van der Waals surface area contributed by atoms with Gasteiger partial charge in [-0.2, -0.15) is 0 Å². The zero-order chi connectivity index (χ0) is 22.1. The lowest BCUT2D eigenvalue weighted by molar-refractivity contribution is -0.119. The first-order chi connectivity index (χ1) is 14.2. The normalized spacial score (nSPS) is 17.7. The lowest BCUT2D eigenvalue weighted by atomic mass is 10.0. The molecule has 0 saturated carbocycles. The summed E-state index contributed by atoms with van der Waals surface area (Å²) in [5, 5.41) is 17.0. The average Bonchev–Trinajstić information content (AvgIpc) is 3.33. The van der Waals surface area contributed by atoms with Crippen molar-refractivity contribution >= 4 is 34.3 Å². The number of nitrogens with one attached hydrogen (secondary N) is 2. The van der Waals surface area contributed by atoms with Gasteiger partial charge in [-0.1, -0.05) is 0 Å². The summed E-state index contributed by atoms with van der Waals surface area (Å²) in [5.74, 6) is -1.01. The Morgan fingerprint density at radius 1 is 1.47 bits per heavy atom. The molecule has 1 saturated heterocycles. The Morgan fingerprint density at radius 3 is 2.77 bits per heavy atom. The molecule has 3 heterocycles. The second-order valence-corrected chi connectivity index (χ2v) is 8.12. The molecule has 3 rings (SSSR count). The van der Waals surface area contributed by atoms with E-state index in [9.17, 15) is 14.7 Å². The topological polar surface area (TPSA) is 115 Å². The number of pyridine rings is 1. The number of esters is 1. The summed E-state index contributed by atoms with van der Waals surface area (Å²) in [7, 11) is 1.31. The molecule has 2 aromatic rings. The van der Waals surface area contributed by atoms with Gasteiger partial charge in [0.2, 0.25) is 5.91 Å². The minimum Gasteiger partial charge on any atom is -0.464 e. The number of carbonyl (C=O) groups is 2. The van der Waals surface area contributed by atoms with E-state index in [4.69, 9.17) is 9.47 Å². The van der Waals surface area contributed by atoms with Crippen molar-refractivity contribution < 1.29 is 24.2 Å². The third-order valence-electron chi connectivity index (χ3n) is 5.58. The number of fused-ring (bicyclic) bond motifs is 1. The molecule has 1 aliphatic heterocycles. The summed E-state index contributed by atoms with van der Waals surface area (Å²) in [4.78, 5) is 29.9. The van der Waals surface area contributed by atoms with Crippen LogP contribution in [0.15, 0.2) is 12.3 Å². The number of anilines is 2. The van der Waals surface area contributed by atoms with E-state index in [0.29, 0.717) is 48.6 Å². The highest BCUT2D eigenvalue weighted by atomic mass is 16.5. The SMILES string of the molecule is CCn1c(C(=O)OC)c(NC(=O)[C@H]2CCOC2)c2cc(N[C@H](C)C(C)(C)O)cnc21. The lowest BCUT2D eigenvalue weighted by Gasteiger charge is -2.27. The summed E-state index contributed by atoms with van der Waals surface area (Å²) in [6.07, 6.45) is 2.29. The third kappa shape index (κ3) is 4.27. The molecule has 1 fully saturated rings. The van der Waals surface area contributed by atoms with Gasteiger partial charge in [0.1, 0.15) is 5.65 Å². The maximum absolute atomic E-state index is 12.8. The summed E-state index contributed by atoms with van der Waals surface area (Å²) in [5.41, 5.74) is 0.921. The molecule has 2 aromatic heterocycles. The van der Waals surface area contributed by atoms with Gasteiger partial charge in [-0.05, 0) is 40.2 Å². The predicted octanol–water partition coefficient (Wildman–Crippen LogP) is 2.39. The molecular weight excluding hydrogens is 388 g/mol. The average molecular weight is 418 g/mol. The summed E-state index contributed by atoms with van der Waals surface area (Å²) in [6.45, 7) is 8.58. The Balaban J connectivity index is 2.09. The fourth-order valence-corrected chi connectivity index (χ4v) is 3.44. The minimum atomic E-state index is -0.943. The Hall–Kier alpha value is -2.65. The first-order valence-corrected chi connectivity index (χ1v) is 10.1. The Labute approximate surface area is 175 Å². The quantitative estimate of drug-likeness (QED) is 0.592. The fraction of sp³-hybridized carbons (Fsp3) is 0.571. The number of hydrogen-bond donors (Lipinski definition) is 3. The third-order valence-corrected chi connectivity index (χ3v) is 5.58. The molecule has 0 aromatic carbocycles. The molecule has 9 nitrogen and oxygen atoms in total. The maximum Gasteiger partial charge on any atom is 0.356 e. The standard InChI is InChI=1S/C21H30N4O5/c1-6-25-17(20(27)29-5)16(24-19(26)13-7-8-30-11-13)15-9-14(10-22-18(15)25)23-12(2)21(3,4)28/h9-10,12-13,23,28H,6-8,11H2,1-5H3,(H,24,26)/t12-,13+/m1/s1. The number of hydrogen-bond acceptors (Lipinski definition) is 7. The molecular formula is C21H30N4O5. The van der Waals surface area contributed by atoms with Crippen molar-refractivity contribution in [3.8, 4) is 0 Å². The number of aliphatic hydroxyl groups is 1. The highest BCUT2D eigenvalue weighted by molar-refractivity contribution is 6.11. The van der Waals surface area contributed by atoms with Crippen LogP contribution in [0.5, 0.6) is 0 Å². The van der Waals surface area contributed by atoms with Crippen LogP contribution in [0.1, 0.15) is 44.6 Å². The zero-order valence-corrected chi connectivity index (χ0v) is 18.1. The smallest absolute Gasteiger partial charge is 0.356 e. The Morgan fingerprint density at radius 2 is 2.20 bits per heavy atom. The number of aryl methyl sites for hydroxylation is 1. The zero-order valence-electron chi connectivity index (χ0n) is 18.1. The molecule has 0 spiro atoms. The highest BCUT2D eigenvalue weighted by Crippen LogP contribution is 2.33. The molecule has 1 amide bonds. The van der Waals surface area contributed by atoms with E-state index in [1.54, 1.807) is 24.6 Å². The van der Waals surface area contributed by atoms with Gasteiger partial charge in [-0.3, -0.25) is 4.79 Å². The summed E-state index contributed by atoms with van der Waals surface area (Å²) < 4.78 is 12.0. The highest BCUT2D eigenvalue weighted by Gasteiger charge is 2.30. The Kier molecular flexibility index (Phi) is 6.33. The largest absolute Gasteiger partial charge is 0.464 e. The molecule has 1 aliphatic rings. The number of rotatable bonds is 7. The van der Waals surface area contributed by atoms with E-state index >= 15 is 0 Å². The molecule has 164 valence electrons. The van der Waals surface area contributed by atoms with E-state index in [2.05, 4.69) is 15.6 Å². The van der Waals surface area contributed by atoms with Gasteiger partial charge in [-0.15, -0.1) is 0 Å². The van der Waals surface area contributed by atoms with Crippen molar-refractivity contribution in [3.05, 3.63) is 18.0 Å². The molecule has 30 heavy (non-hydrogen) atoms. The Bertz CT molecular complexity index is 941. The van der Waals surface area contributed by atoms with Crippen LogP contribution in [0.2, 0.25) is 0 Å². The molecule has 2 atom stereocenters. The summed E-state index contributed by atoms with van der Waals surface area (Å²) >= 11 is 0. The lowest BCUT2D eigenvalue weighted by Crippen LogP contribution is -2.39. The van der Waals surface area contributed by atoms with Crippen molar-refractivity contribution in [2.75, 3.05) is 31.0 Å². The first kappa shape index (κ1) is 22.0. The van der Waals surface area contributed by atoms with Crippen molar-refractivity contribution in [1.29, 1.82) is 0 Å². The van der Waals surface area contributed by atoms with Gasteiger partial charge in [0, 0.05) is 18.5 Å². The van der Waals surface area contributed by atoms with E-state index in [1.807, 2.05) is 19.9 Å². The van der Waals surface area contributed by atoms with Crippen LogP contribution in [0.25, 0.3) is 11.0 Å². The molecule has 0 radical (unpaired) electrons. The van der Waals surface area contributed by atoms with Crippen LogP contribution in [0.3, 0.4) is 0 Å². The fourth-order valence-electron chi connectivity index (χ4n) is 3.44. The molecule has 0 aliphatic carbocycles. The van der Waals surface area contributed by atoms with E-state index in [-0.39, 0.29) is 23.6 Å². The number of nitrogens with zero attached hydrogens (tertiary/aromatic N) is 2. The van der Waals surface area contributed by atoms with Gasteiger partial charge in [-0.25, -0.2) is 9.78 Å². The number of aromatic nitrogens is 2.